The summed E-state index contributed by atoms with van der Waals surface area (Å²) < 4.78 is 0. The van der Waals surface area contributed by atoms with E-state index in [4.69, 9.17) is 0 Å². The first-order valence-electron chi connectivity index (χ1n) is 12.1. The Kier molecular flexibility index (Phi) is 5.70. The van der Waals surface area contributed by atoms with Gasteiger partial charge in [-0.1, -0.05) is 60.7 Å². The number of nitrogens with zero attached hydrogens (tertiary/aromatic N) is 2. The Hall–Kier alpha value is -3.48. The molecule has 4 nitrogen and oxygen atoms in total. The Morgan fingerprint density at radius 1 is 0.541 bits per heavy atom. The van der Waals surface area contributed by atoms with Gasteiger partial charge in [0.05, 0.1) is 5.41 Å². The molecule has 0 saturated carbocycles. The highest BCUT2D eigenvalue weighted by atomic mass is 32.2. The average Bonchev–Trinajstić information content (AvgIpc) is 3.35. The summed E-state index contributed by atoms with van der Waals surface area (Å²) in [4.78, 5) is 30.2. The van der Waals surface area contributed by atoms with E-state index >= 15 is 0 Å². The number of carbonyl (C=O) groups excluding carboxylic acids is 2. The Balaban J connectivity index is 1.64. The maximum atomic E-state index is 12.6. The molecule has 0 aliphatic heterocycles. The van der Waals surface area contributed by atoms with Gasteiger partial charge < -0.3 is 9.80 Å². The number of hydrogen-bond donors (Lipinski definition) is 0. The fraction of sp³-hybridized carbons (Fsp3) is 0.161. The van der Waals surface area contributed by atoms with E-state index in [2.05, 4.69) is 72.8 Å². The molecule has 6 rings (SSSR count). The Morgan fingerprint density at radius 2 is 0.919 bits per heavy atom. The first-order chi connectivity index (χ1) is 17.8. The third-order valence-corrected chi connectivity index (χ3v) is 9.23. The van der Waals surface area contributed by atoms with Crippen molar-refractivity contribution in [3.8, 4) is 22.3 Å². The number of rotatable bonds is 2. The van der Waals surface area contributed by atoms with Gasteiger partial charge in [0.2, 0.25) is 0 Å². The van der Waals surface area contributed by atoms with Crippen molar-refractivity contribution < 1.29 is 9.59 Å². The second-order valence-electron chi connectivity index (χ2n) is 9.78. The van der Waals surface area contributed by atoms with E-state index in [9.17, 15) is 9.59 Å². The summed E-state index contributed by atoms with van der Waals surface area (Å²) in [6.07, 6.45) is 0. The minimum absolute atomic E-state index is 0.00221. The topological polar surface area (TPSA) is 40.6 Å². The quantitative estimate of drug-likeness (QED) is 0.220. The first-order valence-corrected chi connectivity index (χ1v) is 13.7. The molecule has 1 spiro atoms. The summed E-state index contributed by atoms with van der Waals surface area (Å²) >= 11 is 2.50. The minimum Gasteiger partial charge on any atom is -0.339 e. The van der Waals surface area contributed by atoms with Crippen LogP contribution in [0.15, 0.2) is 94.7 Å². The molecule has 0 unspecified atom stereocenters. The summed E-state index contributed by atoms with van der Waals surface area (Å²) in [6, 6.07) is 30.0. The fourth-order valence-electron chi connectivity index (χ4n) is 5.61. The number of hydrogen-bond acceptors (Lipinski definition) is 4. The summed E-state index contributed by atoms with van der Waals surface area (Å²) in [7, 11) is 7.10. The van der Waals surface area contributed by atoms with E-state index in [-0.39, 0.29) is 10.5 Å². The molecule has 6 heteroatoms. The van der Waals surface area contributed by atoms with Gasteiger partial charge in [0.1, 0.15) is 0 Å². The van der Waals surface area contributed by atoms with Crippen LogP contribution in [0.3, 0.4) is 0 Å². The van der Waals surface area contributed by atoms with Crippen molar-refractivity contribution >= 4 is 34.0 Å². The highest BCUT2D eigenvalue weighted by molar-refractivity contribution is 8.13. The molecule has 4 aromatic carbocycles. The van der Waals surface area contributed by atoms with Crippen molar-refractivity contribution in [3.05, 3.63) is 107 Å². The predicted molar refractivity (Wildman–Crippen MR) is 153 cm³/mol. The standard InChI is InChI=1S/C31H26N2O2S2/c1-32(2)29(34)36-19-13-15-23-21-9-5-7-11-25(21)31(27(23)17-19)26-12-8-6-10-22(26)24-16-14-20(18-28(24)31)37-30(35)33(3)4/h5-18H,1-4H3. The molecular formula is C31H26N2O2S2. The average molecular weight is 523 g/mol. The minimum atomic E-state index is -0.521. The van der Waals surface area contributed by atoms with E-state index in [1.165, 1.54) is 68.0 Å². The third kappa shape index (κ3) is 3.54. The second kappa shape index (κ2) is 8.82. The van der Waals surface area contributed by atoms with Crippen molar-refractivity contribution in [1.29, 1.82) is 0 Å². The van der Waals surface area contributed by atoms with Crippen LogP contribution >= 0.6 is 23.5 Å². The van der Waals surface area contributed by atoms with E-state index in [1.54, 1.807) is 38.0 Å². The molecule has 184 valence electrons. The van der Waals surface area contributed by atoms with Crippen molar-refractivity contribution in [1.82, 2.24) is 9.80 Å². The van der Waals surface area contributed by atoms with E-state index in [1.807, 2.05) is 12.1 Å². The lowest BCUT2D eigenvalue weighted by molar-refractivity contribution is 0.240. The molecular weight excluding hydrogens is 496 g/mol. The maximum absolute atomic E-state index is 12.6. The van der Waals surface area contributed by atoms with E-state index in [0.717, 1.165) is 9.79 Å². The molecule has 4 aromatic rings. The fourth-order valence-corrected chi connectivity index (χ4v) is 7.00. The predicted octanol–water partition coefficient (Wildman–Crippen LogP) is 7.58. The van der Waals surface area contributed by atoms with Crippen LogP contribution in [0.25, 0.3) is 22.3 Å². The number of benzene rings is 4. The molecule has 0 saturated heterocycles. The van der Waals surface area contributed by atoms with Crippen LogP contribution in [0.4, 0.5) is 9.59 Å². The van der Waals surface area contributed by atoms with Crippen LogP contribution < -0.4 is 0 Å². The van der Waals surface area contributed by atoms with Crippen LogP contribution in [0, 0.1) is 0 Å². The van der Waals surface area contributed by atoms with Gasteiger partial charge in [-0.3, -0.25) is 9.59 Å². The summed E-state index contributed by atoms with van der Waals surface area (Å²) in [5, 5.41) is -0.00441. The molecule has 0 aromatic heterocycles. The van der Waals surface area contributed by atoms with Crippen LogP contribution in [-0.2, 0) is 5.41 Å². The molecule has 0 atom stereocenters. The van der Waals surface area contributed by atoms with Crippen molar-refractivity contribution in [2.75, 3.05) is 28.2 Å². The molecule has 37 heavy (non-hydrogen) atoms. The van der Waals surface area contributed by atoms with E-state index in [0.29, 0.717) is 0 Å². The summed E-state index contributed by atoms with van der Waals surface area (Å²) in [5.41, 5.74) is 9.08. The summed E-state index contributed by atoms with van der Waals surface area (Å²) in [5.74, 6) is 0. The van der Waals surface area contributed by atoms with Gasteiger partial charge in [0.15, 0.2) is 0 Å². The van der Waals surface area contributed by atoms with Crippen LogP contribution in [0.5, 0.6) is 0 Å². The lowest BCUT2D eigenvalue weighted by Gasteiger charge is -2.31. The molecule has 2 amide bonds. The van der Waals surface area contributed by atoms with E-state index < -0.39 is 5.41 Å². The van der Waals surface area contributed by atoms with Crippen LogP contribution in [0.2, 0.25) is 0 Å². The van der Waals surface area contributed by atoms with Crippen molar-refractivity contribution in [2.24, 2.45) is 0 Å². The largest absolute Gasteiger partial charge is 0.339 e. The highest BCUT2D eigenvalue weighted by Gasteiger charge is 2.51. The van der Waals surface area contributed by atoms with Gasteiger partial charge in [-0.05, 0) is 92.3 Å². The van der Waals surface area contributed by atoms with Crippen molar-refractivity contribution in [3.63, 3.8) is 0 Å². The second-order valence-corrected chi connectivity index (χ2v) is 11.8. The molecule has 2 aliphatic carbocycles. The normalized spacial score (nSPS) is 13.5. The summed E-state index contributed by atoms with van der Waals surface area (Å²) in [6.45, 7) is 0. The zero-order valence-corrected chi connectivity index (χ0v) is 22.7. The zero-order chi connectivity index (χ0) is 25.9. The third-order valence-electron chi connectivity index (χ3n) is 7.17. The Labute approximate surface area is 225 Å². The zero-order valence-electron chi connectivity index (χ0n) is 21.1. The van der Waals surface area contributed by atoms with Gasteiger partial charge in [-0.15, -0.1) is 0 Å². The molecule has 2 aliphatic rings. The van der Waals surface area contributed by atoms with Gasteiger partial charge in [-0.25, -0.2) is 0 Å². The van der Waals surface area contributed by atoms with Crippen molar-refractivity contribution in [2.45, 2.75) is 15.2 Å². The SMILES string of the molecule is CN(C)C(=O)Sc1ccc2c(c1)C1(c3ccccc3-2)c2ccccc2-c2ccc(SC(=O)N(C)C)cc21. The highest BCUT2D eigenvalue weighted by Crippen LogP contribution is 2.63. The first kappa shape index (κ1) is 23.9. The number of amides is 2. The molecule has 0 radical (unpaired) electrons. The van der Waals surface area contributed by atoms with Gasteiger partial charge >= 0.3 is 0 Å². The molecule has 0 N–H and O–H groups in total. The lowest BCUT2D eigenvalue weighted by Crippen LogP contribution is -2.26. The Morgan fingerprint density at radius 3 is 1.32 bits per heavy atom. The van der Waals surface area contributed by atoms with Crippen LogP contribution in [-0.4, -0.2) is 48.5 Å². The molecule has 0 fully saturated rings. The smallest absolute Gasteiger partial charge is 0.285 e. The Bertz CT molecular complexity index is 1470. The van der Waals surface area contributed by atoms with Gasteiger partial charge in [-0.2, -0.15) is 0 Å². The molecule has 0 heterocycles. The monoisotopic (exact) mass is 522 g/mol. The number of fused-ring (bicyclic) bond motifs is 10. The van der Waals surface area contributed by atoms with Gasteiger partial charge in [0.25, 0.3) is 10.5 Å². The maximum Gasteiger partial charge on any atom is 0.285 e. The molecule has 0 bridgehead atoms. The number of thioether (sulfide) groups is 2. The van der Waals surface area contributed by atoms with Crippen LogP contribution in [0.1, 0.15) is 22.3 Å². The lowest BCUT2D eigenvalue weighted by atomic mass is 9.70. The number of carbonyl (C=O) groups is 2. The van der Waals surface area contributed by atoms with Gasteiger partial charge in [0, 0.05) is 38.0 Å².